The third-order valence-electron chi connectivity index (χ3n) is 5.40. The van der Waals surface area contributed by atoms with Gasteiger partial charge in [0.25, 0.3) is 6.02 Å². The van der Waals surface area contributed by atoms with Crippen LogP contribution in [0.15, 0.2) is 29.4 Å². The molecule has 1 aromatic heterocycles. The summed E-state index contributed by atoms with van der Waals surface area (Å²) in [7, 11) is 0. The largest absolute Gasteiger partial charge is 0.455 e. The number of piperidine rings is 3. The van der Waals surface area contributed by atoms with Crippen molar-refractivity contribution in [3.05, 3.63) is 29.4 Å². The summed E-state index contributed by atoms with van der Waals surface area (Å²) in [5.74, 6) is 1.09. The van der Waals surface area contributed by atoms with Crippen LogP contribution in [-0.4, -0.2) is 52.7 Å². The third-order valence-corrected chi connectivity index (χ3v) is 5.73. The molecule has 0 aliphatic carbocycles. The summed E-state index contributed by atoms with van der Waals surface area (Å²) in [6, 6.07) is 6.17. The van der Waals surface area contributed by atoms with E-state index in [0.29, 0.717) is 22.9 Å². The smallest absolute Gasteiger partial charge is 0.292 e. The summed E-state index contributed by atoms with van der Waals surface area (Å²) in [6.45, 7) is 4.07. The highest BCUT2D eigenvalue weighted by Gasteiger charge is 2.51. The average molecular weight is 344 g/mol. The normalized spacial score (nSPS) is 31.3. The van der Waals surface area contributed by atoms with E-state index in [1.807, 2.05) is 18.2 Å². The summed E-state index contributed by atoms with van der Waals surface area (Å²) in [6.07, 6.45) is 4.13. The van der Waals surface area contributed by atoms with Gasteiger partial charge in [-0.25, -0.2) is 15.0 Å². The van der Waals surface area contributed by atoms with E-state index in [2.05, 4.69) is 25.2 Å². The Morgan fingerprint density at radius 1 is 1.29 bits per heavy atom. The number of aromatic nitrogens is 2. The molecule has 4 aliphatic heterocycles. The minimum atomic E-state index is -0.154. The van der Waals surface area contributed by atoms with Gasteiger partial charge in [-0.3, -0.25) is 10.2 Å². The number of ether oxygens (including phenoxy) is 1. The van der Waals surface area contributed by atoms with Gasteiger partial charge >= 0.3 is 0 Å². The van der Waals surface area contributed by atoms with Crippen LogP contribution in [-0.2, 0) is 4.74 Å². The minimum absolute atomic E-state index is 0.154. The first-order valence-corrected chi connectivity index (χ1v) is 8.74. The lowest BCUT2D eigenvalue weighted by molar-refractivity contribution is -0.0829. The molecule has 1 spiro atoms. The molecule has 2 bridgehead atoms. The van der Waals surface area contributed by atoms with Crippen LogP contribution in [0, 0.1) is 5.92 Å². The van der Waals surface area contributed by atoms with Gasteiger partial charge in [-0.1, -0.05) is 17.7 Å². The van der Waals surface area contributed by atoms with Crippen LogP contribution in [0.3, 0.4) is 0 Å². The van der Waals surface area contributed by atoms with Crippen molar-refractivity contribution in [1.29, 1.82) is 0 Å². The summed E-state index contributed by atoms with van der Waals surface area (Å²) < 4.78 is 6.25. The van der Waals surface area contributed by atoms with Crippen molar-refractivity contribution in [3.63, 3.8) is 0 Å². The zero-order valence-corrected chi connectivity index (χ0v) is 14.0. The molecule has 3 saturated heterocycles. The van der Waals surface area contributed by atoms with Gasteiger partial charge in [0.05, 0.1) is 17.1 Å². The van der Waals surface area contributed by atoms with E-state index >= 15 is 0 Å². The summed E-state index contributed by atoms with van der Waals surface area (Å²) >= 11 is 6.16. The van der Waals surface area contributed by atoms with Crippen LogP contribution in [0.5, 0.6) is 0 Å². The first kappa shape index (κ1) is 14.4. The molecule has 0 unspecified atom stereocenters. The molecule has 5 heterocycles. The van der Waals surface area contributed by atoms with E-state index in [4.69, 9.17) is 16.3 Å². The Hall–Kier alpha value is -1.92. The van der Waals surface area contributed by atoms with Gasteiger partial charge in [-0.05, 0) is 38.1 Å². The number of halogens is 1. The molecule has 2 aromatic rings. The predicted octanol–water partition coefficient (Wildman–Crippen LogP) is 2.55. The van der Waals surface area contributed by atoms with Gasteiger partial charge in [0.1, 0.15) is 5.60 Å². The first-order valence-electron chi connectivity index (χ1n) is 8.36. The number of aliphatic imine (C=N–C) groups is 1. The number of anilines is 1. The van der Waals surface area contributed by atoms with Crippen molar-refractivity contribution < 1.29 is 4.74 Å². The highest BCUT2D eigenvalue weighted by molar-refractivity contribution is 6.35. The van der Waals surface area contributed by atoms with E-state index in [-0.39, 0.29) is 5.60 Å². The monoisotopic (exact) mass is 343 g/mol. The lowest BCUT2D eigenvalue weighted by atomic mass is 9.75. The van der Waals surface area contributed by atoms with Crippen molar-refractivity contribution in [2.75, 3.05) is 31.5 Å². The molecule has 0 amide bonds. The quantitative estimate of drug-likeness (QED) is 0.862. The average Bonchev–Trinajstić information content (AvgIpc) is 2.98. The molecule has 1 atom stereocenters. The molecule has 6 rings (SSSR count). The molecule has 1 aromatic carbocycles. The molecule has 1 N–H and O–H groups in total. The molecule has 3 fully saturated rings. The van der Waals surface area contributed by atoms with E-state index in [0.717, 1.165) is 24.0 Å². The highest BCUT2D eigenvalue weighted by Crippen LogP contribution is 2.40. The number of fused-ring (bicyclic) bond motifs is 3. The molecule has 6 nitrogen and oxygen atoms in total. The SMILES string of the molecule is Clc1cccc2nc(NC3=NC[C@@]4(CN5CCC4CC5)O3)ncc12. The fourth-order valence-electron chi connectivity index (χ4n) is 4.12. The van der Waals surface area contributed by atoms with Crippen LogP contribution >= 0.6 is 11.6 Å². The second-order valence-electron chi connectivity index (χ2n) is 6.83. The van der Waals surface area contributed by atoms with Crippen molar-refractivity contribution in [2.45, 2.75) is 18.4 Å². The highest BCUT2D eigenvalue weighted by atomic mass is 35.5. The standard InChI is InChI=1S/C17H18ClN5O/c18-13-2-1-3-14-12(13)8-19-15(21-14)22-16-20-9-17(24-16)10-23-6-4-11(17)5-7-23/h1-3,8,11H,4-7,9-10H2,(H,19,20,21,22)/t17-/m0/s1. The van der Waals surface area contributed by atoms with Gasteiger partial charge in [0.15, 0.2) is 0 Å². The first-order chi connectivity index (χ1) is 11.7. The van der Waals surface area contributed by atoms with Crippen LogP contribution < -0.4 is 5.32 Å². The second kappa shape index (κ2) is 5.29. The second-order valence-corrected chi connectivity index (χ2v) is 7.24. The van der Waals surface area contributed by atoms with E-state index in [1.54, 1.807) is 6.20 Å². The number of rotatable bonds is 1. The van der Waals surface area contributed by atoms with Crippen molar-refractivity contribution in [1.82, 2.24) is 14.9 Å². The van der Waals surface area contributed by atoms with Crippen molar-refractivity contribution in [2.24, 2.45) is 10.9 Å². The molecule has 0 radical (unpaired) electrons. The topological polar surface area (TPSA) is 62.6 Å². The lowest BCUT2D eigenvalue weighted by Crippen LogP contribution is -2.61. The van der Waals surface area contributed by atoms with Gasteiger partial charge < -0.3 is 4.74 Å². The van der Waals surface area contributed by atoms with Crippen LogP contribution in [0.4, 0.5) is 5.95 Å². The zero-order valence-electron chi connectivity index (χ0n) is 13.2. The Balaban J connectivity index is 1.36. The van der Waals surface area contributed by atoms with E-state index in [9.17, 15) is 0 Å². The lowest BCUT2D eigenvalue weighted by Gasteiger charge is -2.50. The van der Waals surface area contributed by atoms with Crippen molar-refractivity contribution in [3.8, 4) is 0 Å². The molecule has 7 heteroatoms. The number of hydrogen-bond acceptors (Lipinski definition) is 6. The van der Waals surface area contributed by atoms with Gasteiger partial charge in [-0.15, -0.1) is 0 Å². The molecule has 4 aliphatic rings. The predicted molar refractivity (Wildman–Crippen MR) is 93.5 cm³/mol. The third kappa shape index (κ3) is 2.24. The van der Waals surface area contributed by atoms with Crippen LogP contribution in [0.2, 0.25) is 5.02 Å². The van der Waals surface area contributed by atoms with E-state index < -0.39 is 0 Å². The Morgan fingerprint density at radius 3 is 2.96 bits per heavy atom. The van der Waals surface area contributed by atoms with Gasteiger partial charge in [0.2, 0.25) is 5.95 Å². The van der Waals surface area contributed by atoms with E-state index in [1.165, 1.54) is 25.9 Å². The number of nitrogens with zero attached hydrogens (tertiary/aromatic N) is 4. The summed E-state index contributed by atoms with van der Waals surface area (Å²) in [5, 5.41) is 4.62. The van der Waals surface area contributed by atoms with Crippen molar-refractivity contribution >= 4 is 34.5 Å². The maximum absolute atomic E-state index is 6.25. The van der Waals surface area contributed by atoms with Gasteiger partial charge in [-0.2, -0.15) is 0 Å². The maximum Gasteiger partial charge on any atom is 0.292 e. The Morgan fingerprint density at radius 2 is 2.17 bits per heavy atom. The zero-order chi connectivity index (χ0) is 16.1. The van der Waals surface area contributed by atoms with Gasteiger partial charge in [0, 0.05) is 24.0 Å². The number of nitrogens with one attached hydrogen (secondary N) is 1. The molecular formula is C17H18ClN5O. The Kier molecular flexibility index (Phi) is 3.18. The number of benzene rings is 1. The molecule has 124 valence electrons. The summed E-state index contributed by atoms with van der Waals surface area (Å²) in [4.78, 5) is 15.9. The fraction of sp³-hybridized carbons (Fsp3) is 0.471. The molecule has 24 heavy (non-hydrogen) atoms. The Bertz CT molecular complexity index is 833. The summed E-state index contributed by atoms with van der Waals surface area (Å²) in [5.41, 5.74) is 0.648. The fourth-order valence-corrected chi connectivity index (χ4v) is 4.34. The number of amidine groups is 1. The Labute approximate surface area is 144 Å². The maximum atomic E-state index is 6.25. The molecule has 0 saturated carbocycles. The molecular weight excluding hydrogens is 326 g/mol. The van der Waals surface area contributed by atoms with Crippen LogP contribution in [0.25, 0.3) is 10.9 Å². The number of hydrogen-bond donors (Lipinski definition) is 1. The minimum Gasteiger partial charge on any atom is -0.455 e. The van der Waals surface area contributed by atoms with Crippen LogP contribution in [0.1, 0.15) is 12.8 Å².